The smallest absolute Gasteiger partial charge is 0.319 e. The van der Waals surface area contributed by atoms with Gasteiger partial charge in [-0.15, -0.1) is 0 Å². The second-order valence-corrected chi connectivity index (χ2v) is 6.52. The largest absolute Gasteiger partial charge is 0.328 e. The summed E-state index contributed by atoms with van der Waals surface area (Å²) in [7, 11) is 1.88. The highest BCUT2D eigenvalue weighted by atomic mass is 16.2. The SMILES string of the molecule is CCN(C)C(=O)N1CCCC(CC(C)(C)C)C1. The van der Waals surface area contributed by atoms with Gasteiger partial charge in [0.1, 0.15) is 0 Å². The lowest BCUT2D eigenvalue weighted by Gasteiger charge is -2.37. The minimum absolute atomic E-state index is 0.200. The quantitative estimate of drug-likeness (QED) is 0.727. The maximum Gasteiger partial charge on any atom is 0.319 e. The molecule has 1 unspecified atom stereocenters. The molecule has 0 radical (unpaired) electrons. The Morgan fingerprint density at radius 2 is 2.06 bits per heavy atom. The first-order chi connectivity index (χ1) is 7.83. The number of hydrogen-bond donors (Lipinski definition) is 0. The van der Waals surface area contributed by atoms with Gasteiger partial charge in [-0.2, -0.15) is 0 Å². The molecule has 1 fully saturated rings. The summed E-state index contributed by atoms with van der Waals surface area (Å²) in [5.41, 5.74) is 0.368. The summed E-state index contributed by atoms with van der Waals surface area (Å²) in [5, 5.41) is 0. The molecule has 3 nitrogen and oxygen atoms in total. The van der Waals surface area contributed by atoms with Crippen molar-refractivity contribution in [3.05, 3.63) is 0 Å². The van der Waals surface area contributed by atoms with Gasteiger partial charge >= 0.3 is 6.03 Å². The highest BCUT2D eigenvalue weighted by Crippen LogP contribution is 2.30. The van der Waals surface area contributed by atoms with E-state index in [0.717, 1.165) is 26.1 Å². The molecule has 1 aliphatic heterocycles. The van der Waals surface area contributed by atoms with E-state index in [2.05, 4.69) is 20.8 Å². The minimum Gasteiger partial charge on any atom is -0.328 e. The first-order valence-corrected chi connectivity index (χ1v) is 6.83. The second-order valence-electron chi connectivity index (χ2n) is 6.52. The third-order valence-electron chi connectivity index (χ3n) is 3.49. The summed E-state index contributed by atoms with van der Waals surface area (Å²) in [6, 6.07) is 0.200. The lowest BCUT2D eigenvalue weighted by Crippen LogP contribution is -2.46. The van der Waals surface area contributed by atoms with E-state index in [1.54, 1.807) is 4.90 Å². The molecule has 2 amide bonds. The maximum atomic E-state index is 12.1. The van der Waals surface area contributed by atoms with Crippen LogP contribution in [-0.2, 0) is 0 Å². The van der Waals surface area contributed by atoms with Crippen LogP contribution in [0.1, 0.15) is 47.0 Å². The van der Waals surface area contributed by atoms with Crippen LogP contribution in [0.25, 0.3) is 0 Å². The Kier molecular flexibility index (Phi) is 4.84. The Balaban J connectivity index is 2.52. The summed E-state index contributed by atoms with van der Waals surface area (Å²) in [5.74, 6) is 0.679. The van der Waals surface area contributed by atoms with Crippen LogP contribution < -0.4 is 0 Å². The molecule has 100 valence electrons. The average Bonchev–Trinajstić information content (AvgIpc) is 2.25. The predicted molar refractivity (Wildman–Crippen MR) is 72.1 cm³/mol. The Hall–Kier alpha value is -0.730. The molecule has 1 rings (SSSR count). The number of carbonyl (C=O) groups is 1. The average molecular weight is 240 g/mol. The molecule has 0 bridgehead atoms. The molecule has 1 heterocycles. The summed E-state index contributed by atoms with van der Waals surface area (Å²) in [6.45, 7) is 11.5. The molecular formula is C14H28N2O. The third-order valence-corrected chi connectivity index (χ3v) is 3.49. The summed E-state index contributed by atoms with van der Waals surface area (Å²) in [6.07, 6.45) is 3.65. The van der Waals surface area contributed by atoms with Crippen LogP contribution in [-0.4, -0.2) is 42.5 Å². The fourth-order valence-electron chi connectivity index (χ4n) is 2.65. The molecule has 0 N–H and O–H groups in total. The molecular weight excluding hydrogens is 212 g/mol. The zero-order valence-corrected chi connectivity index (χ0v) is 12.1. The van der Waals surface area contributed by atoms with Crippen molar-refractivity contribution in [1.29, 1.82) is 0 Å². The van der Waals surface area contributed by atoms with Gasteiger partial charge in [0.05, 0.1) is 0 Å². The number of amides is 2. The molecule has 1 atom stereocenters. The Morgan fingerprint density at radius 3 is 2.59 bits per heavy atom. The van der Waals surface area contributed by atoms with E-state index in [-0.39, 0.29) is 6.03 Å². The van der Waals surface area contributed by atoms with Gasteiger partial charge in [-0.1, -0.05) is 20.8 Å². The van der Waals surface area contributed by atoms with Crippen molar-refractivity contribution >= 4 is 6.03 Å². The van der Waals surface area contributed by atoms with Crippen LogP contribution in [0.5, 0.6) is 0 Å². The van der Waals surface area contributed by atoms with Gasteiger partial charge in [-0.05, 0) is 37.5 Å². The fourth-order valence-corrected chi connectivity index (χ4v) is 2.65. The topological polar surface area (TPSA) is 23.6 Å². The van der Waals surface area contributed by atoms with Crippen LogP contribution in [0.4, 0.5) is 4.79 Å². The monoisotopic (exact) mass is 240 g/mol. The normalized spacial score (nSPS) is 21.5. The number of nitrogens with zero attached hydrogens (tertiary/aromatic N) is 2. The van der Waals surface area contributed by atoms with Crippen molar-refractivity contribution in [3.63, 3.8) is 0 Å². The zero-order valence-electron chi connectivity index (χ0n) is 12.1. The van der Waals surface area contributed by atoms with E-state index in [0.29, 0.717) is 11.3 Å². The lowest BCUT2D eigenvalue weighted by molar-refractivity contribution is 0.123. The zero-order chi connectivity index (χ0) is 13.1. The summed E-state index contributed by atoms with van der Waals surface area (Å²) in [4.78, 5) is 15.9. The molecule has 0 saturated carbocycles. The van der Waals surface area contributed by atoms with Crippen molar-refractivity contribution in [1.82, 2.24) is 9.80 Å². The standard InChI is InChI=1S/C14H28N2O/c1-6-15(5)13(17)16-9-7-8-12(11-16)10-14(2,3)4/h12H,6-11H2,1-5H3. The molecule has 0 aromatic rings. The number of likely N-dealkylation sites (tertiary alicyclic amines) is 1. The summed E-state index contributed by atoms with van der Waals surface area (Å²) >= 11 is 0. The molecule has 0 aromatic heterocycles. The Bertz CT molecular complexity index is 257. The molecule has 1 aliphatic rings. The molecule has 1 saturated heterocycles. The molecule has 0 aromatic carbocycles. The predicted octanol–water partition coefficient (Wildman–Crippen LogP) is 3.21. The van der Waals surface area contributed by atoms with E-state index < -0.39 is 0 Å². The van der Waals surface area contributed by atoms with Gasteiger partial charge in [0, 0.05) is 26.7 Å². The van der Waals surface area contributed by atoms with E-state index >= 15 is 0 Å². The molecule has 3 heteroatoms. The van der Waals surface area contributed by atoms with Crippen LogP contribution >= 0.6 is 0 Å². The first kappa shape index (κ1) is 14.3. The maximum absolute atomic E-state index is 12.1. The van der Waals surface area contributed by atoms with Gasteiger partial charge < -0.3 is 9.80 Å². The van der Waals surface area contributed by atoms with Crippen LogP contribution in [0.3, 0.4) is 0 Å². The van der Waals surface area contributed by atoms with Crippen molar-refractivity contribution < 1.29 is 4.79 Å². The number of hydrogen-bond acceptors (Lipinski definition) is 1. The molecule has 0 aliphatic carbocycles. The lowest BCUT2D eigenvalue weighted by atomic mass is 9.81. The Morgan fingerprint density at radius 1 is 1.41 bits per heavy atom. The van der Waals surface area contributed by atoms with Crippen LogP contribution in [0, 0.1) is 11.3 Å². The third kappa shape index (κ3) is 4.57. The van der Waals surface area contributed by atoms with Gasteiger partial charge in [0.15, 0.2) is 0 Å². The number of carbonyl (C=O) groups excluding carboxylic acids is 1. The van der Waals surface area contributed by atoms with E-state index in [1.807, 2.05) is 18.9 Å². The number of piperidine rings is 1. The van der Waals surface area contributed by atoms with Gasteiger partial charge in [0.25, 0.3) is 0 Å². The molecule has 17 heavy (non-hydrogen) atoms. The van der Waals surface area contributed by atoms with Gasteiger partial charge in [0.2, 0.25) is 0 Å². The Labute approximate surface area is 106 Å². The van der Waals surface area contributed by atoms with E-state index in [1.165, 1.54) is 12.8 Å². The van der Waals surface area contributed by atoms with Gasteiger partial charge in [-0.25, -0.2) is 4.79 Å². The highest BCUT2D eigenvalue weighted by molar-refractivity contribution is 5.74. The minimum atomic E-state index is 0.200. The first-order valence-electron chi connectivity index (χ1n) is 6.83. The molecule has 0 spiro atoms. The van der Waals surface area contributed by atoms with E-state index in [9.17, 15) is 4.79 Å². The van der Waals surface area contributed by atoms with E-state index in [4.69, 9.17) is 0 Å². The van der Waals surface area contributed by atoms with Gasteiger partial charge in [-0.3, -0.25) is 0 Å². The van der Waals surface area contributed by atoms with Crippen molar-refractivity contribution in [3.8, 4) is 0 Å². The van der Waals surface area contributed by atoms with Crippen molar-refractivity contribution in [2.75, 3.05) is 26.7 Å². The highest BCUT2D eigenvalue weighted by Gasteiger charge is 2.27. The van der Waals surface area contributed by atoms with Crippen LogP contribution in [0.2, 0.25) is 0 Å². The van der Waals surface area contributed by atoms with Crippen LogP contribution in [0.15, 0.2) is 0 Å². The number of urea groups is 1. The number of rotatable bonds is 2. The fraction of sp³-hybridized carbons (Fsp3) is 0.929. The summed E-state index contributed by atoms with van der Waals surface area (Å²) < 4.78 is 0. The van der Waals surface area contributed by atoms with Crippen molar-refractivity contribution in [2.45, 2.75) is 47.0 Å². The second kappa shape index (κ2) is 5.74. The van der Waals surface area contributed by atoms with Crippen molar-refractivity contribution in [2.24, 2.45) is 11.3 Å².